The highest BCUT2D eigenvalue weighted by atomic mass is 32.2. The topological polar surface area (TPSA) is 81.7 Å². The van der Waals surface area contributed by atoms with E-state index in [9.17, 15) is 17.6 Å². The van der Waals surface area contributed by atoms with Gasteiger partial charge in [0.15, 0.2) is 0 Å². The van der Waals surface area contributed by atoms with Gasteiger partial charge in [-0.3, -0.25) is 4.79 Å². The standard InChI is InChI=1S/C22H29FN4O3S/c1-17(28)25-22-10-9-20(16-21(22)23)31(29,30)24-11-3-4-18-5-7-19(8-6-18)27-14-12-26(2)13-15-27/h5-10,16,24H,3-4,11-15H2,1-2H3,(H,25,28). The number of hydrogen-bond acceptors (Lipinski definition) is 5. The summed E-state index contributed by atoms with van der Waals surface area (Å²) in [5.74, 6) is -1.22. The van der Waals surface area contributed by atoms with Crippen LogP contribution in [0.5, 0.6) is 0 Å². The summed E-state index contributed by atoms with van der Waals surface area (Å²) in [6.07, 6.45) is 1.36. The lowest BCUT2D eigenvalue weighted by molar-refractivity contribution is -0.114. The van der Waals surface area contributed by atoms with Gasteiger partial charge in [0.05, 0.1) is 10.6 Å². The van der Waals surface area contributed by atoms with Crippen molar-refractivity contribution in [1.29, 1.82) is 0 Å². The van der Waals surface area contributed by atoms with Gasteiger partial charge in [-0.25, -0.2) is 17.5 Å². The molecule has 0 unspecified atom stereocenters. The molecule has 2 aromatic carbocycles. The van der Waals surface area contributed by atoms with Gasteiger partial charge in [0.1, 0.15) is 5.82 Å². The van der Waals surface area contributed by atoms with Crippen LogP contribution in [0.25, 0.3) is 0 Å². The minimum atomic E-state index is -3.82. The van der Waals surface area contributed by atoms with E-state index < -0.39 is 21.7 Å². The molecule has 9 heteroatoms. The van der Waals surface area contributed by atoms with Crippen molar-refractivity contribution >= 4 is 27.3 Å². The van der Waals surface area contributed by atoms with Gasteiger partial charge in [0, 0.05) is 45.3 Å². The Bertz CT molecular complexity index is 1000. The minimum absolute atomic E-state index is 0.0496. The van der Waals surface area contributed by atoms with Crippen LogP contribution in [-0.4, -0.2) is 59.0 Å². The second kappa shape index (κ2) is 10.2. The van der Waals surface area contributed by atoms with E-state index in [4.69, 9.17) is 0 Å². The molecule has 0 atom stereocenters. The number of rotatable bonds is 8. The number of piperazine rings is 1. The second-order valence-corrected chi connectivity index (χ2v) is 9.55. The molecule has 3 rings (SSSR count). The van der Waals surface area contributed by atoms with Crippen molar-refractivity contribution in [2.75, 3.05) is 50.0 Å². The van der Waals surface area contributed by atoms with Crippen molar-refractivity contribution in [3.63, 3.8) is 0 Å². The maximum atomic E-state index is 14.0. The zero-order valence-corrected chi connectivity index (χ0v) is 18.7. The molecule has 2 N–H and O–H groups in total. The number of anilines is 2. The predicted molar refractivity (Wildman–Crippen MR) is 120 cm³/mol. The van der Waals surface area contributed by atoms with E-state index in [-0.39, 0.29) is 17.1 Å². The molecule has 0 saturated carbocycles. The molecule has 0 aromatic heterocycles. The number of sulfonamides is 1. The Morgan fingerprint density at radius 3 is 2.35 bits per heavy atom. The SMILES string of the molecule is CC(=O)Nc1ccc(S(=O)(=O)NCCCc2ccc(N3CCN(C)CC3)cc2)cc1F. The molecule has 1 amide bonds. The van der Waals surface area contributed by atoms with Gasteiger partial charge in [-0.1, -0.05) is 12.1 Å². The van der Waals surface area contributed by atoms with Crippen molar-refractivity contribution in [1.82, 2.24) is 9.62 Å². The van der Waals surface area contributed by atoms with Gasteiger partial charge < -0.3 is 15.1 Å². The average Bonchev–Trinajstić information content (AvgIpc) is 2.73. The van der Waals surface area contributed by atoms with Crippen LogP contribution in [-0.2, 0) is 21.2 Å². The number of aryl methyl sites for hydroxylation is 1. The van der Waals surface area contributed by atoms with Crippen LogP contribution >= 0.6 is 0 Å². The number of carbonyl (C=O) groups excluding carboxylic acids is 1. The summed E-state index contributed by atoms with van der Waals surface area (Å²) in [6.45, 7) is 5.65. The number of likely N-dealkylation sites (N-methyl/N-ethyl adjacent to an activating group) is 1. The van der Waals surface area contributed by atoms with E-state index in [0.29, 0.717) is 6.42 Å². The number of hydrogen-bond donors (Lipinski definition) is 2. The Morgan fingerprint density at radius 1 is 1.06 bits per heavy atom. The highest BCUT2D eigenvalue weighted by molar-refractivity contribution is 7.89. The fraction of sp³-hybridized carbons (Fsp3) is 0.409. The first-order chi connectivity index (χ1) is 14.7. The monoisotopic (exact) mass is 448 g/mol. The first kappa shape index (κ1) is 23.2. The number of halogens is 1. The van der Waals surface area contributed by atoms with Crippen molar-refractivity contribution in [3.05, 3.63) is 53.8 Å². The summed E-state index contributed by atoms with van der Waals surface area (Å²) in [6, 6.07) is 11.8. The van der Waals surface area contributed by atoms with Crippen molar-refractivity contribution in [3.8, 4) is 0 Å². The molecule has 168 valence electrons. The van der Waals surface area contributed by atoms with Crippen LogP contribution in [0.15, 0.2) is 47.4 Å². The molecule has 7 nitrogen and oxygen atoms in total. The van der Waals surface area contributed by atoms with E-state index in [0.717, 1.165) is 44.2 Å². The third-order valence-electron chi connectivity index (χ3n) is 5.30. The first-order valence-electron chi connectivity index (χ1n) is 10.3. The van der Waals surface area contributed by atoms with E-state index in [2.05, 4.69) is 51.2 Å². The molecule has 0 radical (unpaired) electrons. The number of carbonyl (C=O) groups is 1. The number of nitrogens with zero attached hydrogens (tertiary/aromatic N) is 2. The van der Waals surface area contributed by atoms with E-state index in [1.807, 2.05) is 0 Å². The van der Waals surface area contributed by atoms with E-state index in [1.165, 1.54) is 24.7 Å². The Morgan fingerprint density at radius 2 is 1.74 bits per heavy atom. The smallest absolute Gasteiger partial charge is 0.240 e. The van der Waals surface area contributed by atoms with Gasteiger partial charge >= 0.3 is 0 Å². The molecule has 2 aromatic rings. The van der Waals surface area contributed by atoms with Crippen LogP contribution < -0.4 is 14.9 Å². The van der Waals surface area contributed by atoms with Crippen LogP contribution in [0.1, 0.15) is 18.9 Å². The van der Waals surface area contributed by atoms with E-state index >= 15 is 0 Å². The average molecular weight is 449 g/mol. The third-order valence-corrected chi connectivity index (χ3v) is 6.76. The summed E-state index contributed by atoms with van der Waals surface area (Å²) in [5.41, 5.74) is 2.30. The quantitative estimate of drug-likeness (QED) is 0.607. The number of benzene rings is 2. The second-order valence-electron chi connectivity index (χ2n) is 7.78. The van der Waals surface area contributed by atoms with Gasteiger partial charge in [-0.05, 0) is 55.8 Å². The molecular formula is C22H29FN4O3S. The molecule has 1 aliphatic heterocycles. The molecule has 1 heterocycles. The molecule has 31 heavy (non-hydrogen) atoms. The number of amides is 1. The summed E-state index contributed by atoms with van der Waals surface area (Å²) < 4.78 is 41.3. The Hall–Kier alpha value is -2.49. The van der Waals surface area contributed by atoms with Gasteiger partial charge in [-0.2, -0.15) is 0 Å². The van der Waals surface area contributed by atoms with Gasteiger partial charge in [-0.15, -0.1) is 0 Å². The largest absolute Gasteiger partial charge is 0.369 e. The first-order valence-corrected chi connectivity index (χ1v) is 11.8. The lowest BCUT2D eigenvalue weighted by atomic mass is 10.1. The van der Waals surface area contributed by atoms with Crippen molar-refractivity contribution in [2.24, 2.45) is 0 Å². The molecule has 0 aliphatic carbocycles. The summed E-state index contributed by atoms with van der Waals surface area (Å²) in [5, 5.41) is 2.31. The molecule has 0 bridgehead atoms. The fourth-order valence-electron chi connectivity index (χ4n) is 3.47. The molecule has 1 aliphatic rings. The van der Waals surface area contributed by atoms with E-state index in [1.54, 1.807) is 0 Å². The van der Waals surface area contributed by atoms with Gasteiger partial charge in [0.25, 0.3) is 0 Å². The normalized spacial score (nSPS) is 15.1. The van der Waals surface area contributed by atoms with Crippen LogP contribution in [0.4, 0.5) is 15.8 Å². The lowest BCUT2D eigenvalue weighted by Crippen LogP contribution is -2.44. The summed E-state index contributed by atoms with van der Waals surface area (Å²) >= 11 is 0. The summed E-state index contributed by atoms with van der Waals surface area (Å²) in [7, 11) is -1.69. The highest BCUT2D eigenvalue weighted by Gasteiger charge is 2.17. The Kier molecular flexibility index (Phi) is 7.64. The zero-order chi connectivity index (χ0) is 22.4. The van der Waals surface area contributed by atoms with Crippen LogP contribution in [0.3, 0.4) is 0 Å². The molecule has 1 fully saturated rings. The molecule has 0 spiro atoms. The third kappa shape index (κ3) is 6.49. The van der Waals surface area contributed by atoms with Crippen molar-refractivity contribution in [2.45, 2.75) is 24.7 Å². The molecule has 1 saturated heterocycles. The van der Waals surface area contributed by atoms with Gasteiger partial charge in [0.2, 0.25) is 15.9 Å². The fourth-order valence-corrected chi connectivity index (χ4v) is 4.56. The summed E-state index contributed by atoms with van der Waals surface area (Å²) in [4.78, 5) is 15.6. The van der Waals surface area contributed by atoms with Crippen LogP contribution in [0.2, 0.25) is 0 Å². The highest BCUT2D eigenvalue weighted by Crippen LogP contribution is 2.20. The lowest BCUT2D eigenvalue weighted by Gasteiger charge is -2.34. The van der Waals surface area contributed by atoms with Crippen molar-refractivity contribution < 1.29 is 17.6 Å². The maximum Gasteiger partial charge on any atom is 0.240 e. The number of nitrogens with one attached hydrogen (secondary N) is 2. The Labute approximate surface area is 183 Å². The Balaban J connectivity index is 1.48. The zero-order valence-electron chi connectivity index (χ0n) is 17.9. The maximum absolute atomic E-state index is 14.0. The molecular weight excluding hydrogens is 419 g/mol. The predicted octanol–water partition coefficient (Wildman–Crippen LogP) is 2.45. The minimum Gasteiger partial charge on any atom is -0.369 e. The van der Waals surface area contributed by atoms with Crippen LogP contribution in [0, 0.1) is 5.82 Å².